The Labute approximate surface area is 361 Å². The second kappa shape index (κ2) is 17.9. The summed E-state index contributed by atoms with van der Waals surface area (Å²) in [5, 5.41) is 15.2. The summed E-state index contributed by atoms with van der Waals surface area (Å²) in [6.45, 7) is 16.1. The smallest absolute Gasteiger partial charge is 0.671 e. The quantitative estimate of drug-likeness (QED) is 0.150. The van der Waals surface area contributed by atoms with Gasteiger partial charge in [-0.1, -0.05) is 202 Å². The molecule has 5 aromatic carbocycles. The summed E-state index contributed by atoms with van der Waals surface area (Å²) < 4.78 is 0. The van der Waals surface area contributed by atoms with Gasteiger partial charge in [-0.3, -0.25) is 4.98 Å². The minimum atomic E-state index is -0.230. The molecule has 1 aromatic heterocycles. The number of benzene rings is 5. The molecule has 4 nitrogen and oxygen atoms in total. The standard InChI is InChI=1S/C34H33N2.C19H28N2.Ir/c1-20(2)27-18-22-11-8-9-13-25(22)28-29(27)34(6,7)30-31(35-19-36-32(28)30)26-14-10-12-21-17-23(33(3,4)5)15-16-24(21)26;1-4-10-16(11-5-1)19(20-17-12-6-2-7-13-17)21-18-14-8-3-9-15-18;/h8-13,15-20H,1-7H3;1,4-5,10-11,17-19H,2-3,6-9,12-15H2;/q-1;-2;+3. The van der Waals surface area contributed by atoms with E-state index in [1.807, 2.05) is 6.07 Å². The SMILES string of the molecule is CC(C)c1cc2ccccc2c2c1C(C)(C)c1c(-c3[c-]ccc4cc(C(C)(C)C)ccc34)ncnc1-2.[Ir+3].c1ccc(C([N-]C2CCCCC2)[N-]C2CCCCC2)cc1. The first-order chi connectivity index (χ1) is 27.5. The van der Waals surface area contributed by atoms with E-state index < -0.39 is 0 Å². The van der Waals surface area contributed by atoms with Gasteiger partial charge in [0.05, 0.1) is 5.69 Å². The fourth-order valence-electron chi connectivity index (χ4n) is 9.80. The fraction of sp³-hybridized carbons (Fsp3) is 0.434. The second-order valence-electron chi connectivity index (χ2n) is 18.7. The maximum atomic E-state index is 5.13. The van der Waals surface area contributed by atoms with Crippen LogP contribution < -0.4 is 0 Å². The summed E-state index contributed by atoms with van der Waals surface area (Å²) in [6, 6.07) is 37.5. The Morgan fingerprint density at radius 1 is 0.672 bits per heavy atom. The van der Waals surface area contributed by atoms with Gasteiger partial charge in [-0.2, -0.15) is 0 Å². The molecule has 0 radical (unpaired) electrons. The zero-order valence-corrected chi connectivity index (χ0v) is 38.1. The summed E-state index contributed by atoms with van der Waals surface area (Å²) in [4.78, 5) is 9.87. The molecule has 0 unspecified atom stereocenters. The Morgan fingerprint density at radius 2 is 1.28 bits per heavy atom. The molecule has 1 heterocycles. The first-order valence-corrected chi connectivity index (χ1v) is 21.8. The van der Waals surface area contributed by atoms with E-state index in [0.717, 1.165) is 17.0 Å². The molecule has 0 N–H and O–H groups in total. The molecule has 2 fully saturated rings. The van der Waals surface area contributed by atoms with Gasteiger partial charge in [0, 0.05) is 11.0 Å². The van der Waals surface area contributed by atoms with Crippen LogP contribution in [0.25, 0.3) is 54.7 Å². The summed E-state index contributed by atoms with van der Waals surface area (Å²) in [6.07, 6.45) is 15.1. The Bertz CT molecular complexity index is 2310. The third-order valence-corrected chi connectivity index (χ3v) is 12.9. The third-order valence-electron chi connectivity index (χ3n) is 12.9. The van der Waals surface area contributed by atoms with Crippen LogP contribution in [0.1, 0.15) is 153 Å². The molecular formula is C53H61IrN4. The van der Waals surface area contributed by atoms with E-state index in [1.54, 1.807) is 6.33 Å². The van der Waals surface area contributed by atoms with Crippen molar-refractivity contribution in [3.8, 4) is 22.5 Å². The molecule has 3 aliphatic rings. The van der Waals surface area contributed by atoms with Crippen molar-refractivity contribution >= 4 is 21.5 Å². The molecular weight excluding hydrogens is 885 g/mol. The largest absolute Gasteiger partial charge is 3.00 e. The summed E-state index contributed by atoms with van der Waals surface area (Å²) in [5.74, 6) is 0.410. The van der Waals surface area contributed by atoms with E-state index in [-0.39, 0.29) is 37.1 Å². The number of hydrogen-bond donors (Lipinski definition) is 0. The van der Waals surface area contributed by atoms with Crippen LogP contribution in [0, 0.1) is 6.07 Å². The Morgan fingerprint density at radius 3 is 1.91 bits per heavy atom. The molecule has 58 heavy (non-hydrogen) atoms. The van der Waals surface area contributed by atoms with Crippen molar-refractivity contribution in [2.24, 2.45) is 0 Å². The Hall–Kier alpha value is -3.73. The van der Waals surface area contributed by atoms with E-state index >= 15 is 0 Å². The molecule has 0 bridgehead atoms. The number of aromatic nitrogens is 2. The Kier molecular flexibility index (Phi) is 13.1. The van der Waals surface area contributed by atoms with Crippen LogP contribution >= 0.6 is 0 Å². The van der Waals surface area contributed by atoms with Crippen molar-refractivity contribution in [2.45, 2.75) is 148 Å². The van der Waals surface area contributed by atoms with E-state index in [4.69, 9.17) is 20.6 Å². The number of hydrogen-bond acceptors (Lipinski definition) is 2. The molecule has 0 aliphatic heterocycles. The predicted octanol–water partition coefficient (Wildman–Crippen LogP) is 15.1. The van der Waals surface area contributed by atoms with Gasteiger partial charge < -0.3 is 10.6 Å². The molecule has 5 heteroatoms. The zero-order chi connectivity index (χ0) is 39.7. The third kappa shape index (κ3) is 8.62. The molecule has 302 valence electrons. The van der Waals surface area contributed by atoms with E-state index in [1.165, 1.54) is 119 Å². The second-order valence-corrected chi connectivity index (χ2v) is 18.7. The van der Waals surface area contributed by atoms with E-state index in [0.29, 0.717) is 18.0 Å². The average molecular weight is 946 g/mol. The van der Waals surface area contributed by atoms with Gasteiger partial charge >= 0.3 is 20.1 Å². The number of rotatable bonds is 7. The number of fused-ring (bicyclic) bond motifs is 6. The van der Waals surface area contributed by atoms with Gasteiger partial charge in [-0.05, 0) is 50.1 Å². The monoisotopic (exact) mass is 946 g/mol. The van der Waals surface area contributed by atoms with Crippen molar-refractivity contribution in [1.82, 2.24) is 9.97 Å². The molecule has 0 saturated heterocycles. The Balaban J connectivity index is 0.000000199. The van der Waals surface area contributed by atoms with Crippen LogP contribution in [0.15, 0.2) is 97.3 Å². The molecule has 6 aromatic rings. The van der Waals surface area contributed by atoms with Gasteiger partial charge in [-0.25, -0.2) is 11.1 Å². The summed E-state index contributed by atoms with van der Waals surface area (Å²) in [7, 11) is 0. The van der Waals surface area contributed by atoms with Crippen molar-refractivity contribution in [3.05, 3.63) is 142 Å². The van der Waals surface area contributed by atoms with Gasteiger partial charge in [0.1, 0.15) is 6.33 Å². The van der Waals surface area contributed by atoms with Crippen LogP contribution in [0.2, 0.25) is 0 Å². The summed E-state index contributed by atoms with van der Waals surface area (Å²) in [5.41, 5.74) is 10.9. The summed E-state index contributed by atoms with van der Waals surface area (Å²) >= 11 is 0. The van der Waals surface area contributed by atoms with Gasteiger partial charge in [0.2, 0.25) is 0 Å². The van der Waals surface area contributed by atoms with Crippen molar-refractivity contribution < 1.29 is 20.1 Å². The van der Waals surface area contributed by atoms with Gasteiger partial charge in [0.25, 0.3) is 0 Å². The van der Waals surface area contributed by atoms with Crippen LogP contribution in [0.4, 0.5) is 0 Å². The molecule has 0 spiro atoms. The molecule has 0 amide bonds. The van der Waals surface area contributed by atoms with Crippen molar-refractivity contribution in [2.75, 3.05) is 0 Å². The van der Waals surface area contributed by atoms with Crippen molar-refractivity contribution in [1.29, 1.82) is 0 Å². The minimum Gasteiger partial charge on any atom is -0.671 e. The van der Waals surface area contributed by atoms with Crippen LogP contribution in [0.3, 0.4) is 0 Å². The molecule has 9 rings (SSSR count). The first kappa shape index (κ1) is 42.4. The fourth-order valence-corrected chi connectivity index (χ4v) is 9.80. The van der Waals surface area contributed by atoms with Crippen LogP contribution in [-0.2, 0) is 30.9 Å². The van der Waals surface area contributed by atoms with Crippen molar-refractivity contribution in [3.63, 3.8) is 0 Å². The zero-order valence-electron chi connectivity index (χ0n) is 35.7. The van der Waals surface area contributed by atoms with Crippen LogP contribution in [-0.4, -0.2) is 22.1 Å². The van der Waals surface area contributed by atoms with Crippen LogP contribution in [0.5, 0.6) is 0 Å². The molecule has 0 atom stereocenters. The number of nitrogens with zero attached hydrogens (tertiary/aromatic N) is 4. The predicted molar refractivity (Wildman–Crippen MR) is 241 cm³/mol. The maximum Gasteiger partial charge on any atom is 3.00 e. The normalized spacial score (nSPS) is 16.8. The van der Waals surface area contributed by atoms with E-state index in [9.17, 15) is 0 Å². The first-order valence-electron chi connectivity index (χ1n) is 21.8. The van der Waals surface area contributed by atoms with Gasteiger partial charge in [0.15, 0.2) is 0 Å². The average Bonchev–Trinajstić information content (AvgIpc) is 3.47. The molecule has 3 aliphatic carbocycles. The topological polar surface area (TPSA) is 54.0 Å². The van der Waals surface area contributed by atoms with Gasteiger partial charge in [-0.15, -0.1) is 41.2 Å². The molecule has 2 saturated carbocycles. The maximum absolute atomic E-state index is 5.13. The minimum absolute atomic E-state index is 0. The van der Waals surface area contributed by atoms with E-state index in [2.05, 4.69) is 139 Å².